The molecule has 0 N–H and O–H groups in total. The van der Waals surface area contributed by atoms with Crippen LogP contribution in [-0.2, 0) is 20.9 Å². The van der Waals surface area contributed by atoms with Gasteiger partial charge in [-0.05, 0) is 24.6 Å². The lowest BCUT2D eigenvalue weighted by Crippen LogP contribution is -2.28. The molecule has 0 amide bonds. The lowest BCUT2D eigenvalue weighted by atomic mass is 10.2. The second-order valence-corrected chi connectivity index (χ2v) is 5.50. The van der Waals surface area contributed by atoms with Crippen LogP contribution in [0, 0.1) is 0 Å². The van der Waals surface area contributed by atoms with E-state index in [0.29, 0.717) is 18.3 Å². The monoisotopic (exact) mass is 325 g/mol. The zero-order chi connectivity index (χ0) is 16.9. The zero-order valence-corrected chi connectivity index (χ0v) is 13.6. The van der Waals surface area contributed by atoms with Crippen LogP contribution in [-0.4, -0.2) is 31.1 Å². The molecule has 1 heterocycles. The fourth-order valence-electron chi connectivity index (χ4n) is 2.50. The summed E-state index contributed by atoms with van der Waals surface area (Å²) in [6.45, 7) is 2.24. The molecule has 0 aliphatic carbocycles. The van der Waals surface area contributed by atoms with Crippen LogP contribution >= 0.6 is 0 Å². The van der Waals surface area contributed by atoms with Crippen molar-refractivity contribution in [1.82, 2.24) is 0 Å². The third-order valence-corrected chi connectivity index (χ3v) is 3.80. The van der Waals surface area contributed by atoms with Gasteiger partial charge in [0.15, 0.2) is 6.04 Å². The van der Waals surface area contributed by atoms with E-state index in [1.807, 2.05) is 54.6 Å². The number of para-hydroxylation sites is 1. The van der Waals surface area contributed by atoms with Crippen molar-refractivity contribution >= 4 is 11.9 Å². The molecular formula is C19H19NO4. The van der Waals surface area contributed by atoms with Crippen molar-refractivity contribution in [3.05, 3.63) is 65.7 Å². The summed E-state index contributed by atoms with van der Waals surface area (Å²) >= 11 is 0. The third-order valence-electron chi connectivity index (χ3n) is 3.80. The number of carbonyl (C=O) groups excluding carboxylic acids is 1. The first-order valence-corrected chi connectivity index (χ1v) is 7.77. The standard InChI is InChI=1S/C19H19NO4/c1-13-17(19(21)22-2)20-18(24-13)15-10-6-7-11-16(15)23-12-14-8-4-3-5-9-14/h3-11,13,17H,12H2,1-2H3/t13-,17-/m1/s1. The largest absolute Gasteiger partial charge is 0.488 e. The second kappa shape index (κ2) is 7.17. The number of rotatable bonds is 5. The molecule has 124 valence electrons. The van der Waals surface area contributed by atoms with E-state index in [1.165, 1.54) is 7.11 Å². The number of hydrogen-bond donors (Lipinski definition) is 0. The molecule has 0 spiro atoms. The van der Waals surface area contributed by atoms with E-state index in [1.54, 1.807) is 6.92 Å². The van der Waals surface area contributed by atoms with Crippen molar-refractivity contribution in [1.29, 1.82) is 0 Å². The summed E-state index contributed by atoms with van der Waals surface area (Å²) in [5.41, 5.74) is 1.80. The summed E-state index contributed by atoms with van der Waals surface area (Å²) in [6.07, 6.45) is -0.366. The van der Waals surface area contributed by atoms with E-state index in [4.69, 9.17) is 14.2 Å². The summed E-state index contributed by atoms with van der Waals surface area (Å²) < 4.78 is 16.4. The SMILES string of the molecule is COC(=O)[C@@H]1N=C(c2ccccc2OCc2ccccc2)O[C@@H]1C. The highest BCUT2D eigenvalue weighted by atomic mass is 16.5. The third kappa shape index (κ3) is 3.40. The van der Waals surface area contributed by atoms with Crippen LogP contribution in [0.1, 0.15) is 18.1 Å². The zero-order valence-electron chi connectivity index (χ0n) is 13.6. The topological polar surface area (TPSA) is 57.1 Å². The van der Waals surface area contributed by atoms with E-state index in [2.05, 4.69) is 4.99 Å². The predicted octanol–water partition coefficient (Wildman–Crippen LogP) is 2.97. The number of benzene rings is 2. The molecule has 5 nitrogen and oxygen atoms in total. The van der Waals surface area contributed by atoms with Gasteiger partial charge in [-0.2, -0.15) is 0 Å². The molecule has 1 aliphatic rings. The van der Waals surface area contributed by atoms with E-state index in [0.717, 1.165) is 11.1 Å². The molecule has 5 heteroatoms. The molecule has 24 heavy (non-hydrogen) atoms. The predicted molar refractivity (Wildman–Crippen MR) is 90.1 cm³/mol. The van der Waals surface area contributed by atoms with Crippen molar-refractivity contribution in [3.8, 4) is 5.75 Å². The van der Waals surface area contributed by atoms with Crippen LogP contribution in [0.3, 0.4) is 0 Å². The van der Waals surface area contributed by atoms with Gasteiger partial charge in [-0.25, -0.2) is 9.79 Å². The molecule has 0 saturated carbocycles. The highest BCUT2D eigenvalue weighted by Crippen LogP contribution is 2.26. The quantitative estimate of drug-likeness (QED) is 0.793. The summed E-state index contributed by atoms with van der Waals surface area (Å²) in [4.78, 5) is 16.1. The molecule has 2 aromatic rings. The Morgan fingerprint density at radius 3 is 2.58 bits per heavy atom. The fraction of sp³-hybridized carbons (Fsp3) is 0.263. The van der Waals surface area contributed by atoms with Crippen molar-refractivity contribution in [2.45, 2.75) is 25.7 Å². The minimum absolute atomic E-state index is 0.366. The molecule has 1 aliphatic heterocycles. The minimum Gasteiger partial charge on any atom is -0.488 e. The number of methoxy groups -OCH3 is 1. The van der Waals surface area contributed by atoms with Gasteiger partial charge in [-0.15, -0.1) is 0 Å². The molecule has 0 saturated heterocycles. The molecule has 2 aromatic carbocycles. The Hall–Kier alpha value is -2.82. The Balaban J connectivity index is 1.81. The average molecular weight is 325 g/mol. The molecule has 0 fully saturated rings. The van der Waals surface area contributed by atoms with Gasteiger partial charge >= 0.3 is 5.97 Å². The summed E-state index contributed by atoms with van der Waals surface area (Å²) in [6, 6.07) is 16.8. The highest BCUT2D eigenvalue weighted by Gasteiger charge is 2.35. The lowest BCUT2D eigenvalue weighted by molar-refractivity contribution is -0.143. The van der Waals surface area contributed by atoms with Crippen molar-refractivity contribution in [2.75, 3.05) is 7.11 Å². The van der Waals surface area contributed by atoms with E-state index in [9.17, 15) is 4.79 Å². The molecule has 0 aromatic heterocycles. The van der Waals surface area contributed by atoms with E-state index < -0.39 is 12.0 Å². The first kappa shape index (κ1) is 16.1. The first-order chi connectivity index (χ1) is 11.7. The number of hydrogen-bond acceptors (Lipinski definition) is 5. The molecule has 2 atom stereocenters. The number of esters is 1. The smallest absolute Gasteiger partial charge is 0.334 e. The Morgan fingerprint density at radius 1 is 1.12 bits per heavy atom. The Bertz CT molecular complexity index is 742. The normalized spacial score (nSPS) is 19.3. The van der Waals surface area contributed by atoms with Crippen LogP contribution < -0.4 is 4.74 Å². The maximum absolute atomic E-state index is 11.8. The highest BCUT2D eigenvalue weighted by molar-refractivity contribution is 6.00. The molecule has 0 bridgehead atoms. The molecule has 0 unspecified atom stereocenters. The van der Waals surface area contributed by atoms with Gasteiger partial charge < -0.3 is 14.2 Å². The minimum atomic E-state index is -0.646. The van der Waals surface area contributed by atoms with Crippen LogP contribution in [0.2, 0.25) is 0 Å². The van der Waals surface area contributed by atoms with Crippen molar-refractivity contribution in [3.63, 3.8) is 0 Å². The fourth-order valence-corrected chi connectivity index (χ4v) is 2.50. The van der Waals surface area contributed by atoms with Crippen molar-refractivity contribution in [2.24, 2.45) is 4.99 Å². The van der Waals surface area contributed by atoms with Gasteiger partial charge in [0.25, 0.3) is 0 Å². The summed E-state index contributed by atoms with van der Waals surface area (Å²) in [5, 5.41) is 0. The number of nitrogens with zero attached hydrogens (tertiary/aromatic N) is 1. The van der Waals surface area contributed by atoms with Crippen molar-refractivity contribution < 1.29 is 19.0 Å². The van der Waals surface area contributed by atoms with Gasteiger partial charge in [0, 0.05) is 0 Å². The lowest BCUT2D eigenvalue weighted by Gasteiger charge is -2.13. The Morgan fingerprint density at radius 2 is 1.83 bits per heavy atom. The van der Waals surface area contributed by atoms with E-state index in [-0.39, 0.29) is 6.10 Å². The molecular weight excluding hydrogens is 306 g/mol. The average Bonchev–Trinajstić information content (AvgIpc) is 3.02. The number of carbonyl (C=O) groups is 1. The van der Waals surface area contributed by atoms with Gasteiger partial charge in [0.05, 0.1) is 12.7 Å². The molecule has 3 rings (SSSR count). The van der Waals surface area contributed by atoms with Crippen LogP contribution in [0.5, 0.6) is 5.75 Å². The maximum Gasteiger partial charge on any atom is 0.334 e. The second-order valence-electron chi connectivity index (χ2n) is 5.50. The van der Waals surface area contributed by atoms with Gasteiger partial charge in [0.2, 0.25) is 5.90 Å². The molecule has 0 radical (unpaired) electrons. The Labute approximate surface area is 140 Å². The first-order valence-electron chi connectivity index (χ1n) is 7.77. The summed E-state index contributed by atoms with van der Waals surface area (Å²) in [5.74, 6) is 0.666. The van der Waals surface area contributed by atoms with E-state index >= 15 is 0 Å². The summed E-state index contributed by atoms with van der Waals surface area (Å²) in [7, 11) is 1.35. The number of ether oxygens (including phenoxy) is 3. The van der Waals surface area contributed by atoms with Gasteiger partial charge in [-0.3, -0.25) is 0 Å². The Kier molecular flexibility index (Phi) is 4.79. The number of aliphatic imine (C=N–C) groups is 1. The van der Waals surface area contributed by atoms with Gasteiger partial charge in [0.1, 0.15) is 18.5 Å². The maximum atomic E-state index is 11.8. The van der Waals surface area contributed by atoms with Crippen LogP contribution in [0.4, 0.5) is 0 Å². The van der Waals surface area contributed by atoms with Crippen LogP contribution in [0.15, 0.2) is 59.6 Å². The van der Waals surface area contributed by atoms with Crippen LogP contribution in [0.25, 0.3) is 0 Å². The van der Waals surface area contributed by atoms with Gasteiger partial charge in [-0.1, -0.05) is 42.5 Å².